The first-order valence-electron chi connectivity index (χ1n) is 10.8. The van der Waals surface area contributed by atoms with Gasteiger partial charge in [-0.05, 0) is 0 Å². The van der Waals surface area contributed by atoms with Crippen LogP contribution in [0.15, 0.2) is 0 Å². The van der Waals surface area contributed by atoms with Gasteiger partial charge in [0.25, 0.3) is 0 Å². The van der Waals surface area contributed by atoms with E-state index in [1.807, 2.05) is 6.92 Å². The maximum absolute atomic E-state index is 14.3. The van der Waals surface area contributed by atoms with E-state index in [0.717, 1.165) is 25.7 Å². The summed E-state index contributed by atoms with van der Waals surface area (Å²) >= 11 is -5.09. The first-order chi connectivity index (χ1) is 14.7. The summed E-state index contributed by atoms with van der Waals surface area (Å²) in [5, 5.41) is 0. The Morgan fingerprint density at radius 2 is 0.903 bits per heavy atom. The molecule has 0 spiro atoms. The van der Waals surface area contributed by atoms with Crippen molar-refractivity contribution in [2.45, 2.75) is 95.8 Å². The Kier molecular flexibility index (Phi) is 17.7. The van der Waals surface area contributed by atoms with Crippen LogP contribution >= 0.6 is 0 Å². The molecule has 0 radical (unpaired) electrons. The Balaban J connectivity index is 5.48. The summed E-state index contributed by atoms with van der Waals surface area (Å²) in [4.78, 5) is 0. The van der Waals surface area contributed by atoms with Gasteiger partial charge in [0.1, 0.15) is 0 Å². The van der Waals surface area contributed by atoms with Crippen LogP contribution in [-0.2, 0) is 3.07 Å². The Labute approximate surface area is 183 Å². The van der Waals surface area contributed by atoms with E-state index in [1.54, 1.807) is 0 Å². The number of hydrogen-bond donors (Lipinski definition) is 0. The Bertz CT molecular complexity index is 390. The summed E-state index contributed by atoms with van der Waals surface area (Å²) in [5.74, 6) is 0. The van der Waals surface area contributed by atoms with E-state index in [1.165, 1.54) is 0 Å². The van der Waals surface area contributed by atoms with Gasteiger partial charge in [-0.25, -0.2) is 0 Å². The van der Waals surface area contributed by atoms with Gasteiger partial charge in [-0.1, -0.05) is 0 Å². The van der Waals surface area contributed by atoms with Crippen LogP contribution in [0, 0.1) is 0 Å². The van der Waals surface area contributed by atoms with Crippen LogP contribution in [-0.4, -0.2) is 82.5 Å². The molecule has 0 aliphatic heterocycles. The van der Waals surface area contributed by atoms with Crippen molar-refractivity contribution in [2.75, 3.05) is 26.6 Å². The third kappa shape index (κ3) is 12.8. The van der Waals surface area contributed by atoms with Crippen molar-refractivity contribution >= 4 is 18.8 Å². The van der Waals surface area contributed by atoms with Crippen molar-refractivity contribution < 1.29 is 42.6 Å². The second kappa shape index (κ2) is 17.6. The predicted molar refractivity (Wildman–Crippen MR) is 107 cm³/mol. The molecule has 0 saturated carbocycles. The van der Waals surface area contributed by atoms with Gasteiger partial charge in [0.05, 0.1) is 0 Å². The fourth-order valence-corrected chi connectivity index (χ4v) is 15.7. The SMILES string of the molecule is CCCCCCCC[O][Sn]([CH2]C(F)C(F)CF)([CH2]C(F)C(F)CF)[CH2]C(F)C(F)CF. The Hall–Kier alpha value is 0.129. The molecule has 0 amide bonds. The van der Waals surface area contributed by atoms with Gasteiger partial charge in [-0.2, -0.15) is 0 Å². The number of unbranched alkanes of at least 4 members (excludes halogenated alkanes) is 5. The van der Waals surface area contributed by atoms with Crippen LogP contribution in [0.2, 0.25) is 13.3 Å². The maximum atomic E-state index is 14.3. The summed E-state index contributed by atoms with van der Waals surface area (Å²) in [6.07, 6.45) is -10.3. The molecule has 0 saturated heterocycles. The molecule has 0 bridgehead atoms. The molecule has 1 nitrogen and oxygen atoms in total. The van der Waals surface area contributed by atoms with E-state index in [0.29, 0.717) is 12.8 Å². The first-order valence-corrected chi connectivity index (χ1v) is 18.0. The van der Waals surface area contributed by atoms with Gasteiger partial charge in [-0.3, -0.25) is 0 Å². The first kappa shape index (κ1) is 31.1. The van der Waals surface area contributed by atoms with E-state index in [4.69, 9.17) is 3.07 Å². The van der Waals surface area contributed by atoms with Gasteiger partial charge in [-0.15, -0.1) is 0 Å². The van der Waals surface area contributed by atoms with E-state index in [2.05, 4.69) is 0 Å². The van der Waals surface area contributed by atoms with Gasteiger partial charge < -0.3 is 0 Å². The summed E-state index contributed by atoms with van der Waals surface area (Å²) in [5.41, 5.74) is 0. The molecule has 0 rings (SSSR count). The number of halogens is 9. The monoisotopic (exact) mass is 582 g/mol. The van der Waals surface area contributed by atoms with Gasteiger partial charge >= 0.3 is 184 Å². The van der Waals surface area contributed by atoms with Gasteiger partial charge in [0, 0.05) is 0 Å². The van der Waals surface area contributed by atoms with Crippen LogP contribution in [0.1, 0.15) is 45.4 Å². The molecule has 6 atom stereocenters. The normalized spacial score (nSPS) is 19.9. The average Bonchev–Trinajstić information content (AvgIpc) is 2.76. The fraction of sp³-hybridized carbons (Fsp3) is 1.00. The molecule has 31 heavy (non-hydrogen) atoms. The molecule has 0 fully saturated rings. The molecule has 0 aromatic rings. The van der Waals surface area contributed by atoms with Crippen LogP contribution < -0.4 is 0 Å². The predicted octanol–water partition coefficient (Wildman–Crippen LogP) is 7.25. The number of alkyl halides is 9. The van der Waals surface area contributed by atoms with E-state index in [9.17, 15) is 39.5 Å². The van der Waals surface area contributed by atoms with Crippen LogP contribution in [0.25, 0.3) is 0 Å². The van der Waals surface area contributed by atoms with Gasteiger partial charge in [0.2, 0.25) is 0 Å². The second-order valence-corrected chi connectivity index (χ2v) is 19.0. The second-order valence-electron chi connectivity index (χ2n) is 7.97. The molecule has 6 unspecified atom stereocenters. The summed E-state index contributed by atoms with van der Waals surface area (Å²) in [7, 11) is 0. The molecule has 188 valence electrons. The third-order valence-corrected chi connectivity index (χ3v) is 17.3. The van der Waals surface area contributed by atoms with Crippen LogP contribution in [0.5, 0.6) is 0 Å². The van der Waals surface area contributed by atoms with E-state index < -0.39 is 89.2 Å². The molecule has 0 N–H and O–H groups in total. The zero-order valence-electron chi connectivity index (χ0n) is 18.0. The van der Waals surface area contributed by atoms with Crippen LogP contribution in [0.3, 0.4) is 0 Å². The van der Waals surface area contributed by atoms with Crippen molar-refractivity contribution in [1.82, 2.24) is 0 Å². The molecule has 11 heteroatoms. The molecular weight excluding hydrogens is 546 g/mol. The van der Waals surface area contributed by atoms with E-state index in [-0.39, 0.29) is 6.61 Å². The van der Waals surface area contributed by atoms with Crippen molar-refractivity contribution in [3.05, 3.63) is 0 Å². The minimum atomic E-state index is -5.09. The fourth-order valence-electron chi connectivity index (χ4n) is 3.34. The molecule has 0 heterocycles. The molecule has 0 aliphatic rings. The number of hydrogen-bond acceptors (Lipinski definition) is 1. The number of rotatable bonds is 20. The minimum absolute atomic E-state index is 0.0971. The zero-order chi connectivity index (χ0) is 23.9. The van der Waals surface area contributed by atoms with Crippen molar-refractivity contribution in [3.63, 3.8) is 0 Å². The quantitative estimate of drug-likeness (QED) is 0.0837. The van der Waals surface area contributed by atoms with Crippen molar-refractivity contribution in [2.24, 2.45) is 0 Å². The summed E-state index contributed by atoms with van der Waals surface area (Å²) in [6.45, 7) is -3.14. The third-order valence-electron chi connectivity index (χ3n) is 5.23. The Morgan fingerprint density at radius 3 is 1.26 bits per heavy atom. The standard InChI is InChI=1S/C8H17O.3C4H6F3.Sn/c1-2-3-4-5-6-7-8-9;3*1-3(6)4(7)2-5;/h2-8H2,1H3;3*3-4H,1-2H2;/q-1;;;;+1. The summed E-state index contributed by atoms with van der Waals surface area (Å²) < 4.78 is 124. The average molecular weight is 581 g/mol. The van der Waals surface area contributed by atoms with E-state index >= 15 is 0 Å². The Morgan fingerprint density at radius 1 is 0.548 bits per heavy atom. The van der Waals surface area contributed by atoms with Crippen molar-refractivity contribution in [1.29, 1.82) is 0 Å². The zero-order valence-corrected chi connectivity index (χ0v) is 20.8. The van der Waals surface area contributed by atoms with Crippen LogP contribution in [0.4, 0.5) is 39.5 Å². The van der Waals surface area contributed by atoms with Crippen molar-refractivity contribution in [3.8, 4) is 0 Å². The topological polar surface area (TPSA) is 9.23 Å². The molecule has 0 aromatic carbocycles. The molecule has 0 aliphatic carbocycles. The van der Waals surface area contributed by atoms with Gasteiger partial charge in [0.15, 0.2) is 0 Å². The molecule has 0 aromatic heterocycles. The summed E-state index contributed by atoms with van der Waals surface area (Å²) in [6, 6.07) is 0. The molecular formula is C20H35F9OSn.